The Kier molecular flexibility index (Phi) is 7.60. The number of ketones is 1. The lowest BCUT2D eigenvalue weighted by molar-refractivity contribution is -0.140. The molecule has 33 heavy (non-hydrogen) atoms. The third-order valence-corrected chi connectivity index (χ3v) is 5.45. The van der Waals surface area contributed by atoms with Crippen molar-refractivity contribution in [1.29, 1.82) is 0 Å². The number of aliphatic hydroxyl groups excluding tert-OH is 1. The molecule has 0 saturated carbocycles. The van der Waals surface area contributed by atoms with E-state index < -0.39 is 17.7 Å². The first-order valence-corrected chi connectivity index (χ1v) is 10.8. The Hall–Kier alpha value is -3.52. The van der Waals surface area contributed by atoms with Crippen molar-refractivity contribution >= 4 is 17.4 Å². The Morgan fingerprint density at radius 1 is 1.12 bits per heavy atom. The van der Waals surface area contributed by atoms with Gasteiger partial charge in [-0.25, -0.2) is 0 Å². The number of rotatable bonds is 9. The van der Waals surface area contributed by atoms with E-state index in [0.29, 0.717) is 30.0 Å². The smallest absolute Gasteiger partial charge is 0.295 e. The summed E-state index contributed by atoms with van der Waals surface area (Å²) in [7, 11) is 5.17. The van der Waals surface area contributed by atoms with Crippen LogP contribution in [0.2, 0.25) is 0 Å². The largest absolute Gasteiger partial charge is 0.507 e. The lowest BCUT2D eigenvalue weighted by Gasteiger charge is -2.26. The predicted molar refractivity (Wildman–Crippen MR) is 124 cm³/mol. The maximum atomic E-state index is 13.0. The number of phenolic OH excluding ortho intramolecular Hbond substituents is 1. The van der Waals surface area contributed by atoms with Crippen molar-refractivity contribution in [2.24, 2.45) is 0 Å². The zero-order valence-corrected chi connectivity index (χ0v) is 19.4. The molecule has 1 unspecified atom stereocenters. The Morgan fingerprint density at radius 2 is 1.82 bits per heavy atom. The predicted octanol–water partition coefficient (Wildman–Crippen LogP) is 3.17. The van der Waals surface area contributed by atoms with E-state index in [2.05, 4.69) is 0 Å². The van der Waals surface area contributed by atoms with Gasteiger partial charge in [0.05, 0.1) is 25.3 Å². The summed E-state index contributed by atoms with van der Waals surface area (Å²) in [5, 5.41) is 21.4. The number of carbonyl (C=O) groups excluding carboxylic acids is 2. The fourth-order valence-corrected chi connectivity index (χ4v) is 3.73. The molecule has 0 aromatic heterocycles. The van der Waals surface area contributed by atoms with Gasteiger partial charge in [0.25, 0.3) is 11.7 Å². The number of hydrogen-bond acceptors (Lipinski definition) is 7. The average Bonchev–Trinajstić information content (AvgIpc) is 3.06. The number of ether oxygens (including phenoxy) is 2. The van der Waals surface area contributed by atoms with Crippen molar-refractivity contribution in [3.05, 3.63) is 59.2 Å². The summed E-state index contributed by atoms with van der Waals surface area (Å²) in [6, 6.07) is 10.6. The van der Waals surface area contributed by atoms with Gasteiger partial charge in [0, 0.05) is 18.7 Å². The van der Waals surface area contributed by atoms with Crippen LogP contribution in [0.25, 0.3) is 5.76 Å². The van der Waals surface area contributed by atoms with Crippen molar-refractivity contribution in [1.82, 2.24) is 9.80 Å². The van der Waals surface area contributed by atoms with Crippen LogP contribution in [0, 0.1) is 0 Å². The summed E-state index contributed by atoms with van der Waals surface area (Å²) in [6.45, 7) is 3.38. The molecule has 176 valence electrons. The van der Waals surface area contributed by atoms with E-state index in [1.54, 1.807) is 36.4 Å². The van der Waals surface area contributed by atoms with Crippen LogP contribution in [-0.4, -0.2) is 72.6 Å². The summed E-state index contributed by atoms with van der Waals surface area (Å²) >= 11 is 0. The van der Waals surface area contributed by atoms with Crippen LogP contribution in [0.15, 0.2) is 48.0 Å². The molecule has 2 aromatic rings. The maximum absolute atomic E-state index is 13.0. The quantitative estimate of drug-likeness (QED) is 0.341. The molecule has 1 fully saturated rings. The summed E-state index contributed by atoms with van der Waals surface area (Å²) in [4.78, 5) is 29.3. The molecule has 1 aliphatic heterocycles. The summed E-state index contributed by atoms with van der Waals surface area (Å²) in [5.41, 5.74) is 0.869. The molecule has 2 N–H and O–H groups in total. The molecule has 3 rings (SSSR count). The minimum atomic E-state index is -0.849. The molecule has 8 nitrogen and oxygen atoms in total. The number of phenols is 1. The molecule has 0 aliphatic carbocycles. The second-order valence-electron chi connectivity index (χ2n) is 8.10. The van der Waals surface area contributed by atoms with Crippen LogP contribution in [0.4, 0.5) is 0 Å². The topological polar surface area (TPSA) is 99.5 Å². The fourth-order valence-electron chi connectivity index (χ4n) is 3.73. The third kappa shape index (κ3) is 5.12. The number of benzene rings is 2. The molecule has 1 atom stereocenters. The average molecular weight is 455 g/mol. The van der Waals surface area contributed by atoms with Gasteiger partial charge < -0.3 is 29.5 Å². The van der Waals surface area contributed by atoms with E-state index in [1.807, 2.05) is 25.9 Å². The first-order chi connectivity index (χ1) is 15.8. The number of aromatic hydroxyl groups is 1. The molecule has 1 saturated heterocycles. The van der Waals surface area contributed by atoms with Gasteiger partial charge in [0.2, 0.25) is 0 Å². The number of amides is 1. The lowest BCUT2D eigenvalue weighted by Crippen LogP contribution is -2.35. The zero-order valence-electron chi connectivity index (χ0n) is 19.4. The number of methoxy groups -OCH3 is 1. The molecule has 0 bridgehead atoms. The lowest BCUT2D eigenvalue weighted by atomic mass is 9.95. The van der Waals surface area contributed by atoms with E-state index in [1.165, 1.54) is 18.1 Å². The number of likely N-dealkylation sites (tertiary alicyclic amines) is 1. The van der Waals surface area contributed by atoms with E-state index in [0.717, 1.165) is 6.42 Å². The number of aliphatic hydroxyl groups is 1. The molecule has 8 heteroatoms. The van der Waals surface area contributed by atoms with Gasteiger partial charge in [-0.2, -0.15) is 0 Å². The van der Waals surface area contributed by atoms with Gasteiger partial charge in [-0.3, -0.25) is 9.59 Å². The highest BCUT2D eigenvalue weighted by Gasteiger charge is 2.46. The Morgan fingerprint density at radius 3 is 2.39 bits per heavy atom. The molecule has 0 radical (unpaired) electrons. The van der Waals surface area contributed by atoms with E-state index in [-0.39, 0.29) is 29.4 Å². The Bertz CT molecular complexity index is 1050. The van der Waals surface area contributed by atoms with Crippen LogP contribution in [0.1, 0.15) is 30.5 Å². The highest BCUT2D eigenvalue weighted by Crippen LogP contribution is 2.41. The summed E-state index contributed by atoms with van der Waals surface area (Å²) in [6.07, 6.45) is 0.868. The second-order valence-corrected chi connectivity index (χ2v) is 8.10. The fraction of sp³-hybridized carbons (Fsp3) is 0.360. The van der Waals surface area contributed by atoms with Crippen LogP contribution in [-0.2, 0) is 9.59 Å². The zero-order chi connectivity index (χ0) is 24.1. The highest BCUT2D eigenvalue weighted by atomic mass is 16.5. The third-order valence-electron chi connectivity index (χ3n) is 5.45. The van der Waals surface area contributed by atoms with Crippen molar-refractivity contribution in [2.45, 2.75) is 19.4 Å². The highest BCUT2D eigenvalue weighted by molar-refractivity contribution is 6.46. The van der Waals surface area contributed by atoms with Gasteiger partial charge >= 0.3 is 0 Å². The van der Waals surface area contributed by atoms with Crippen LogP contribution >= 0.6 is 0 Å². The summed E-state index contributed by atoms with van der Waals surface area (Å²) in [5.74, 6) is -0.934. The number of carbonyl (C=O) groups is 2. The van der Waals surface area contributed by atoms with E-state index in [4.69, 9.17) is 9.47 Å². The Balaban J connectivity index is 2.08. The molecule has 1 aliphatic rings. The molecular weight excluding hydrogens is 424 g/mol. The normalized spacial score (nSPS) is 17.6. The molecule has 0 spiro atoms. The van der Waals surface area contributed by atoms with Crippen LogP contribution < -0.4 is 9.47 Å². The first kappa shape index (κ1) is 24.1. The maximum Gasteiger partial charge on any atom is 0.295 e. The van der Waals surface area contributed by atoms with E-state index in [9.17, 15) is 19.8 Å². The van der Waals surface area contributed by atoms with Crippen LogP contribution in [0.5, 0.6) is 17.2 Å². The van der Waals surface area contributed by atoms with Gasteiger partial charge in [0.1, 0.15) is 11.5 Å². The molecule has 1 amide bonds. The first-order valence-electron chi connectivity index (χ1n) is 10.8. The Labute approximate surface area is 193 Å². The van der Waals surface area contributed by atoms with Gasteiger partial charge in [-0.15, -0.1) is 0 Å². The summed E-state index contributed by atoms with van der Waals surface area (Å²) < 4.78 is 10.7. The number of likely N-dealkylation sites (N-methyl/N-ethyl adjacent to an activating group) is 1. The minimum absolute atomic E-state index is 0.0226. The van der Waals surface area contributed by atoms with Crippen molar-refractivity contribution < 1.29 is 29.3 Å². The number of nitrogens with zero attached hydrogens (tertiary/aromatic N) is 2. The van der Waals surface area contributed by atoms with Crippen molar-refractivity contribution in [3.8, 4) is 17.2 Å². The number of Topliss-reactive ketones (excluding diaryl/α,β-unsaturated/α-hetero) is 1. The number of hydrogen-bond donors (Lipinski definition) is 2. The van der Waals surface area contributed by atoms with Crippen molar-refractivity contribution in [3.63, 3.8) is 0 Å². The van der Waals surface area contributed by atoms with Gasteiger partial charge in [-0.1, -0.05) is 13.0 Å². The standard InChI is InChI=1S/C25H30N2O6/c1-5-14-33-18-9-6-16(7-10-18)23(29)21-22(17-8-11-20(32-4)19(28)15-17)27(13-12-26(2)3)25(31)24(21)30/h6-11,15,22,28-29H,5,12-14H2,1-4H3/b23-21-. The SMILES string of the molecule is CCCOc1ccc(/C(O)=C2/C(=O)C(=O)N(CCN(C)C)C2c2ccc(OC)c(O)c2)cc1. The minimum Gasteiger partial charge on any atom is -0.507 e. The van der Waals surface area contributed by atoms with Crippen LogP contribution in [0.3, 0.4) is 0 Å². The van der Waals surface area contributed by atoms with E-state index >= 15 is 0 Å². The van der Waals surface area contributed by atoms with Crippen molar-refractivity contribution in [2.75, 3.05) is 40.9 Å². The molecular formula is C25H30N2O6. The molecule has 1 heterocycles. The monoisotopic (exact) mass is 454 g/mol. The molecule has 2 aromatic carbocycles. The second kappa shape index (κ2) is 10.4. The van der Waals surface area contributed by atoms with Gasteiger partial charge in [0.15, 0.2) is 11.5 Å². The van der Waals surface area contributed by atoms with Gasteiger partial charge in [-0.05, 0) is 62.5 Å².